The number of amides is 1. The number of benzene rings is 1. The first-order valence-electron chi connectivity index (χ1n) is 13.2. The number of pyridine rings is 2. The molecular weight excluding hydrogens is 518 g/mol. The summed E-state index contributed by atoms with van der Waals surface area (Å²) in [6, 6.07) is 13.0. The number of carbonyl (C=O) groups is 1. The fourth-order valence-corrected chi connectivity index (χ4v) is 5.34. The fraction of sp³-hybridized carbons (Fsp3) is 0.379. The van der Waals surface area contributed by atoms with Crippen LogP contribution in [0.5, 0.6) is 5.88 Å². The van der Waals surface area contributed by atoms with Gasteiger partial charge in [-0.3, -0.25) is 18.9 Å². The summed E-state index contributed by atoms with van der Waals surface area (Å²) in [7, 11) is 0. The maximum Gasteiger partial charge on any atom is 0.333 e. The first kappa shape index (κ1) is 26.9. The number of aryl methyl sites for hydroxylation is 1. The van der Waals surface area contributed by atoms with Crippen LogP contribution in [0.4, 0.5) is 0 Å². The molecule has 3 heterocycles. The van der Waals surface area contributed by atoms with Gasteiger partial charge in [-0.05, 0) is 69.7 Å². The Balaban J connectivity index is 1.28. The minimum Gasteiger partial charge on any atom is -0.475 e. The van der Waals surface area contributed by atoms with Gasteiger partial charge in [0.2, 0.25) is 5.88 Å². The van der Waals surface area contributed by atoms with Crippen molar-refractivity contribution >= 4 is 28.5 Å². The van der Waals surface area contributed by atoms with Crippen LogP contribution >= 0.6 is 11.6 Å². The maximum absolute atomic E-state index is 13.6. The second-order valence-corrected chi connectivity index (χ2v) is 10.6. The van der Waals surface area contributed by atoms with Crippen molar-refractivity contribution in [1.29, 1.82) is 0 Å². The van der Waals surface area contributed by atoms with Gasteiger partial charge < -0.3 is 15.2 Å². The molecule has 1 aliphatic rings. The summed E-state index contributed by atoms with van der Waals surface area (Å²) in [6.45, 7) is 4.19. The van der Waals surface area contributed by atoms with Gasteiger partial charge in [-0.15, -0.1) is 0 Å². The lowest BCUT2D eigenvalue weighted by Gasteiger charge is -2.29. The molecule has 39 heavy (non-hydrogen) atoms. The Hall–Kier alpha value is -3.69. The summed E-state index contributed by atoms with van der Waals surface area (Å²) in [5.74, 6) is 0.558. The van der Waals surface area contributed by atoms with Gasteiger partial charge in [0, 0.05) is 24.8 Å². The van der Waals surface area contributed by atoms with E-state index in [9.17, 15) is 14.7 Å². The normalized spacial score (nSPS) is 18.2. The van der Waals surface area contributed by atoms with Crippen molar-refractivity contribution in [2.75, 3.05) is 6.61 Å². The van der Waals surface area contributed by atoms with E-state index in [1.54, 1.807) is 42.8 Å². The van der Waals surface area contributed by atoms with Gasteiger partial charge in [-0.1, -0.05) is 23.7 Å². The topological polar surface area (TPSA) is 111 Å². The van der Waals surface area contributed by atoms with Crippen LogP contribution in [0.15, 0.2) is 59.7 Å². The molecule has 0 radical (unpaired) electrons. The van der Waals surface area contributed by atoms with Crippen LogP contribution in [-0.4, -0.2) is 48.9 Å². The average molecular weight is 550 g/mol. The summed E-state index contributed by atoms with van der Waals surface area (Å²) in [5.41, 5.74) is 3.37. The Morgan fingerprint density at radius 1 is 1.13 bits per heavy atom. The molecule has 10 heteroatoms. The molecule has 1 atom stereocenters. The molecule has 2 N–H and O–H groups in total. The summed E-state index contributed by atoms with van der Waals surface area (Å²) in [4.78, 5) is 34.9. The second-order valence-electron chi connectivity index (χ2n) is 10.2. The second kappa shape index (κ2) is 11.6. The van der Waals surface area contributed by atoms with E-state index >= 15 is 0 Å². The Morgan fingerprint density at radius 3 is 2.56 bits per heavy atom. The van der Waals surface area contributed by atoms with Crippen LogP contribution in [0.2, 0.25) is 5.02 Å². The summed E-state index contributed by atoms with van der Waals surface area (Å²) in [6.07, 6.45) is 6.05. The third-order valence-corrected chi connectivity index (χ3v) is 7.41. The standard InChI is InChI=1S/C29H32ClN5O4/c1-18(36)17-39-27-12-11-23(15-32-27)35-26-6-4-3-5-25(26)34(29(35)38)16-20-7-9-22(10-8-20)33-28(37)24-13-21(30)14-31-19(24)2/h3-6,11-15,18,20,22,36H,7-10,16-17H2,1-2H3,(H,33,37). The zero-order valence-corrected chi connectivity index (χ0v) is 22.8. The zero-order valence-electron chi connectivity index (χ0n) is 22.0. The molecule has 0 aliphatic heterocycles. The summed E-state index contributed by atoms with van der Waals surface area (Å²) < 4.78 is 8.98. The highest BCUT2D eigenvalue weighted by Gasteiger charge is 2.25. The predicted molar refractivity (Wildman–Crippen MR) is 150 cm³/mol. The minimum absolute atomic E-state index is 0.0748. The van der Waals surface area contributed by atoms with E-state index in [4.69, 9.17) is 16.3 Å². The number of fused-ring (bicyclic) bond motifs is 1. The molecular formula is C29H32ClN5O4. The van der Waals surface area contributed by atoms with Gasteiger partial charge in [0.25, 0.3) is 5.91 Å². The Kier molecular flexibility index (Phi) is 7.99. The molecule has 204 valence electrons. The molecule has 1 aromatic carbocycles. The molecule has 1 unspecified atom stereocenters. The number of hydrogen-bond acceptors (Lipinski definition) is 6. The number of hydrogen-bond donors (Lipinski definition) is 2. The number of imidazole rings is 1. The highest BCUT2D eigenvalue weighted by molar-refractivity contribution is 6.30. The quantitative estimate of drug-likeness (QED) is 0.339. The minimum atomic E-state index is -0.595. The number of nitrogens with zero attached hydrogens (tertiary/aromatic N) is 4. The molecule has 5 rings (SSSR count). The van der Waals surface area contributed by atoms with Crippen LogP contribution in [0.3, 0.4) is 0 Å². The van der Waals surface area contributed by atoms with E-state index in [1.165, 1.54) is 6.20 Å². The largest absolute Gasteiger partial charge is 0.475 e. The van der Waals surface area contributed by atoms with E-state index in [0.717, 1.165) is 36.7 Å². The number of nitrogens with one attached hydrogen (secondary N) is 1. The third-order valence-electron chi connectivity index (χ3n) is 7.21. The first-order chi connectivity index (χ1) is 18.8. The van der Waals surface area contributed by atoms with Gasteiger partial charge in [0.1, 0.15) is 6.61 Å². The average Bonchev–Trinajstić information content (AvgIpc) is 3.21. The van der Waals surface area contributed by atoms with Gasteiger partial charge in [-0.2, -0.15) is 0 Å². The van der Waals surface area contributed by atoms with E-state index in [-0.39, 0.29) is 24.2 Å². The Morgan fingerprint density at radius 2 is 1.87 bits per heavy atom. The number of para-hydroxylation sites is 2. The molecule has 3 aromatic heterocycles. The number of aliphatic hydroxyl groups is 1. The van der Waals surface area contributed by atoms with Crippen molar-refractivity contribution in [3.63, 3.8) is 0 Å². The third kappa shape index (κ3) is 5.99. The van der Waals surface area contributed by atoms with Crippen molar-refractivity contribution in [2.45, 2.75) is 58.2 Å². The summed E-state index contributed by atoms with van der Waals surface area (Å²) >= 11 is 6.04. The first-order valence-corrected chi connectivity index (χ1v) is 13.6. The Labute approximate surface area is 231 Å². The van der Waals surface area contributed by atoms with Crippen LogP contribution < -0.4 is 15.7 Å². The van der Waals surface area contributed by atoms with Crippen molar-refractivity contribution in [1.82, 2.24) is 24.4 Å². The fourth-order valence-electron chi connectivity index (χ4n) is 5.18. The summed E-state index contributed by atoms with van der Waals surface area (Å²) in [5, 5.41) is 13.0. The van der Waals surface area contributed by atoms with E-state index in [1.807, 2.05) is 28.8 Å². The van der Waals surface area contributed by atoms with Crippen LogP contribution in [0.25, 0.3) is 16.7 Å². The SMILES string of the molecule is Cc1ncc(Cl)cc1C(=O)NC1CCC(Cn2c(=O)n(-c3ccc(OCC(C)O)nc3)c3ccccc32)CC1. The van der Waals surface area contributed by atoms with Crippen molar-refractivity contribution in [3.05, 3.63) is 81.6 Å². The lowest BCUT2D eigenvalue weighted by Crippen LogP contribution is -2.39. The smallest absolute Gasteiger partial charge is 0.333 e. The lowest BCUT2D eigenvalue weighted by molar-refractivity contribution is 0.0919. The van der Waals surface area contributed by atoms with E-state index in [2.05, 4.69) is 15.3 Å². The molecule has 1 fully saturated rings. The van der Waals surface area contributed by atoms with Crippen LogP contribution in [0, 0.1) is 12.8 Å². The van der Waals surface area contributed by atoms with Crippen LogP contribution in [-0.2, 0) is 6.54 Å². The van der Waals surface area contributed by atoms with Crippen molar-refractivity contribution in [2.24, 2.45) is 5.92 Å². The van der Waals surface area contributed by atoms with Gasteiger partial charge in [0.05, 0.1) is 45.3 Å². The maximum atomic E-state index is 13.6. The zero-order chi connectivity index (χ0) is 27.5. The van der Waals surface area contributed by atoms with Crippen molar-refractivity contribution < 1.29 is 14.6 Å². The predicted octanol–water partition coefficient (Wildman–Crippen LogP) is 4.29. The lowest BCUT2D eigenvalue weighted by atomic mass is 9.85. The van der Waals surface area contributed by atoms with Gasteiger partial charge in [0.15, 0.2) is 0 Å². The Bertz CT molecular complexity index is 1520. The van der Waals surface area contributed by atoms with Crippen LogP contribution in [0.1, 0.15) is 48.7 Å². The number of aromatic nitrogens is 4. The molecule has 0 saturated heterocycles. The number of ether oxygens (including phenoxy) is 1. The van der Waals surface area contributed by atoms with Gasteiger partial charge in [-0.25, -0.2) is 9.78 Å². The molecule has 1 saturated carbocycles. The van der Waals surface area contributed by atoms with E-state index in [0.29, 0.717) is 40.3 Å². The molecule has 1 amide bonds. The number of rotatable bonds is 8. The number of aliphatic hydroxyl groups excluding tert-OH is 1. The number of halogens is 1. The van der Waals surface area contributed by atoms with Gasteiger partial charge >= 0.3 is 5.69 Å². The molecule has 0 spiro atoms. The monoisotopic (exact) mass is 549 g/mol. The highest BCUT2D eigenvalue weighted by Crippen LogP contribution is 2.28. The number of carbonyl (C=O) groups excluding carboxylic acids is 1. The highest BCUT2D eigenvalue weighted by atomic mass is 35.5. The molecule has 0 bridgehead atoms. The van der Waals surface area contributed by atoms with E-state index < -0.39 is 6.10 Å². The van der Waals surface area contributed by atoms with Crippen molar-refractivity contribution in [3.8, 4) is 11.6 Å². The molecule has 9 nitrogen and oxygen atoms in total. The molecule has 1 aliphatic carbocycles. The molecule has 4 aromatic rings.